The van der Waals surface area contributed by atoms with E-state index in [2.05, 4.69) is 20.8 Å². The van der Waals surface area contributed by atoms with Crippen molar-refractivity contribution >= 4 is 0 Å². The topological polar surface area (TPSA) is 35.2 Å². The van der Waals surface area contributed by atoms with E-state index in [-0.39, 0.29) is 17.2 Å². The molecule has 84 valence electrons. The Bertz CT molecular complexity index is 308. The first-order valence-electron chi connectivity index (χ1n) is 5.04. The molecule has 0 bridgehead atoms. The Morgan fingerprint density at radius 3 is 2.33 bits per heavy atom. The van der Waals surface area contributed by atoms with E-state index in [1.807, 2.05) is 0 Å². The molecule has 1 unspecified atom stereocenters. The standard InChI is InChI=1S/C12H18FNO/c1-9(12(2,3)8-15-14)10-4-6-11(13)7-5-10/h4-7,9H,8,14H2,1-3H3. The molecule has 0 saturated carbocycles. The van der Waals surface area contributed by atoms with Crippen molar-refractivity contribution in [3.63, 3.8) is 0 Å². The maximum atomic E-state index is 12.8. The van der Waals surface area contributed by atoms with Gasteiger partial charge in [-0.3, -0.25) is 0 Å². The van der Waals surface area contributed by atoms with E-state index in [0.717, 1.165) is 5.56 Å². The summed E-state index contributed by atoms with van der Waals surface area (Å²) < 4.78 is 12.8. The Labute approximate surface area is 90.2 Å². The third-order valence-corrected chi connectivity index (χ3v) is 3.00. The molecular formula is C12H18FNO. The van der Waals surface area contributed by atoms with Gasteiger partial charge in [0.2, 0.25) is 0 Å². The van der Waals surface area contributed by atoms with Gasteiger partial charge in [0.15, 0.2) is 0 Å². The Morgan fingerprint density at radius 2 is 1.87 bits per heavy atom. The van der Waals surface area contributed by atoms with Gasteiger partial charge in [0.05, 0.1) is 6.61 Å². The third kappa shape index (κ3) is 3.01. The molecule has 2 N–H and O–H groups in total. The van der Waals surface area contributed by atoms with Crippen LogP contribution in [0.2, 0.25) is 0 Å². The third-order valence-electron chi connectivity index (χ3n) is 3.00. The number of hydrogen-bond acceptors (Lipinski definition) is 2. The van der Waals surface area contributed by atoms with Crippen LogP contribution in [-0.2, 0) is 4.84 Å². The fourth-order valence-electron chi connectivity index (χ4n) is 1.54. The predicted molar refractivity (Wildman–Crippen MR) is 58.7 cm³/mol. The smallest absolute Gasteiger partial charge is 0.123 e. The first-order valence-corrected chi connectivity index (χ1v) is 5.04. The molecule has 1 atom stereocenters. The van der Waals surface area contributed by atoms with Gasteiger partial charge in [-0.25, -0.2) is 10.3 Å². The van der Waals surface area contributed by atoms with E-state index in [0.29, 0.717) is 6.61 Å². The average Bonchev–Trinajstić information content (AvgIpc) is 2.18. The summed E-state index contributed by atoms with van der Waals surface area (Å²) in [6.45, 7) is 6.72. The van der Waals surface area contributed by atoms with E-state index >= 15 is 0 Å². The van der Waals surface area contributed by atoms with E-state index in [1.165, 1.54) is 12.1 Å². The fourth-order valence-corrected chi connectivity index (χ4v) is 1.54. The molecule has 0 aliphatic rings. The normalized spacial score (nSPS) is 13.9. The van der Waals surface area contributed by atoms with Crippen molar-refractivity contribution in [2.75, 3.05) is 6.61 Å². The Hall–Kier alpha value is -0.930. The minimum Gasteiger partial charge on any atom is -0.304 e. The molecule has 0 amide bonds. The van der Waals surface area contributed by atoms with Gasteiger partial charge < -0.3 is 4.84 Å². The summed E-state index contributed by atoms with van der Waals surface area (Å²) in [7, 11) is 0. The van der Waals surface area contributed by atoms with Crippen LogP contribution in [0, 0.1) is 11.2 Å². The molecule has 0 heterocycles. The largest absolute Gasteiger partial charge is 0.304 e. The molecule has 15 heavy (non-hydrogen) atoms. The van der Waals surface area contributed by atoms with Crippen molar-refractivity contribution in [3.05, 3.63) is 35.6 Å². The second-order valence-electron chi connectivity index (χ2n) is 4.57. The van der Waals surface area contributed by atoms with Crippen molar-refractivity contribution in [2.45, 2.75) is 26.7 Å². The summed E-state index contributed by atoms with van der Waals surface area (Å²) in [4.78, 5) is 4.70. The molecule has 0 aliphatic carbocycles. The minimum atomic E-state index is -0.209. The van der Waals surface area contributed by atoms with Crippen molar-refractivity contribution in [2.24, 2.45) is 11.3 Å². The molecule has 0 fully saturated rings. The molecule has 0 spiro atoms. The molecule has 0 aliphatic heterocycles. The van der Waals surface area contributed by atoms with Crippen LogP contribution in [0.4, 0.5) is 4.39 Å². The number of nitrogens with two attached hydrogens (primary N) is 1. The summed E-state index contributed by atoms with van der Waals surface area (Å²) in [5.74, 6) is 5.15. The Morgan fingerprint density at radius 1 is 1.33 bits per heavy atom. The lowest BCUT2D eigenvalue weighted by Gasteiger charge is -2.31. The van der Waals surface area contributed by atoms with E-state index in [1.54, 1.807) is 12.1 Å². The van der Waals surface area contributed by atoms with Gasteiger partial charge in [-0.1, -0.05) is 32.9 Å². The molecular weight excluding hydrogens is 193 g/mol. The van der Waals surface area contributed by atoms with Crippen molar-refractivity contribution < 1.29 is 9.23 Å². The summed E-state index contributed by atoms with van der Waals surface area (Å²) in [6.07, 6.45) is 0. The van der Waals surface area contributed by atoms with Crippen LogP contribution < -0.4 is 5.90 Å². The van der Waals surface area contributed by atoms with E-state index in [9.17, 15) is 4.39 Å². The maximum Gasteiger partial charge on any atom is 0.123 e. The van der Waals surface area contributed by atoms with Gasteiger partial charge in [0.1, 0.15) is 5.82 Å². The highest BCUT2D eigenvalue weighted by Gasteiger charge is 2.27. The first-order chi connectivity index (χ1) is 6.97. The molecule has 1 aromatic carbocycles. The summed E-state index contributed by atoms with van der Waals surface area (Å²) >= 11 is 0. The van der Waals surface area contributed by atoms with Crippen LogP contribution >= 0.6 is 0 Å². The summed E-state index contributed by atoms with van der Waals surface area (Å²) in [5, 5.41) is 0. The monoisotopic (exact) mass is 211 g/mol. The SMILES string of the molecule is CC(c1ccc(F)cc1)C(C)(C)CON. The number of hydrogen-bond donors (Lipinski definition) is 1. The van der Waals surface area contributed by atoms with Crippen LogP contribution in [0.1, 0.15) is 32.3 Å². The molecule has 2 nitrogen and oxygen atoms in total. The Balaban J connectivity index is 2.84. The second kappa shape index (κ2) is 4.73. The first kappa shape index (κ1) is 12.1. The van der Waals surface area contributed by atoms with Crippen LogP contribution in [0.15, 0.2) is 24.3 Å². The Kier molecular flexibility index (Phi) is 3.83. The quantitative estimate of drug-likeness (QED) is 0.777. The van der Waals surface area contributed by atoms with Crippen LogP contribution in [0.3, 0.4) is 0 Å². The minimum absolute atomic E-state index is 0.0629. The van der Waals surface area contributed by atoms with Gasteiger partial charge >= 0.3 is 0 Å². The highest BCUT2D eigenvalue weighted by Crippen LogP contribution is 2.34. The molecule has 1 rings (SSSR count). The highest BCUT2D eigenvalue weighted by atomic mass is 19.1. The number of rotatable bonds is 4. The lowest BCUT2D eigenvalue weighted by atomic mass is 9.77. The van der Waals surface area contributed by atoms with E-state index in [4.69, 9.17) is 10.7 Å². The van der Waals surface area contributed by atoms with Gasteiger partial charge in [0, 0.05) is 0 Å². The lowest BCUT2D eigenvalue weighted by Crippen LogP contribution is -2.27. The fraction of sp³-hybridized carbons (Fsp3) is 0.500. The predicted octanol–water partition coefficient (Wildman–Crippen LogP) is 2.85. The molecule has 0 radical (unpaired) electrons. The van der Waals surface area contributed by atoms with Gasteiger partial charge in [-0.05, 0) is 29.0 Å². The second-order valence-corrected chi connectivity index (χ2v) is 4.57. The maximum absolute atomic E-state index is 12.8. The summed E-state index contributed by atoms with van der Waals surface area (Å²) in [5.41, 5.74) is 1.03. The zero-order valence-electron chi connectivity index (χ0n) is 9.46. The molecule has 1 aromatic rings. The number of halogens is 1. The average molecular weight is 211 g/mol. The number of benzene rings is 1. The molecule has 3 heteroatoms. The lowest BCUT2D eigenvalue weighted by molar-refractivity contribution is 0.0504. The molecule has 0 aromatic heterocycles. The van der Waals surface area contributed by atoms with Crippen LogP contribution in [0.5, 0.6) is 0 Å². The summed E-state index contributed by atoms with van der Waals surface area (Å²) in [6, 6.07) is 6.56. The zero-order valence-corrected chi connectivity index (χ0v) is 9.46. The van der Waals surface area contributed by atoms with Gasteiger partial charge in [0.25, 0.3) is 0 Å². The molecule has 0 saturated heterocycles. The zero-order chi connectivity index (χ0) is 11.5. The van der Waals surface area contributed by atoms with Crippen molar-refractivity contribution in [3.8, 4) is 0 Å². The highest BCUT2D eigenvalue weighted by molar-refractivity contribution is 5.21. The van der Waals surface area contributed by atoms with Crippen LogP contribution in [-0.4, -0.2) is 6.61 Å². The van der Waals surface area contributed by atoms with Crippen LogP contribution in [0.25, 0.3) is 0 Å². The van der Waals surface area contributed by atoms with Crippen molar-refractivity contribution in [1.29, 1.82) is 0 Å². The van der Waals surface area contributed by atoms with Gasteiger partial charge in [-0.15, -0.1) is 0 Å². The van der Waals surface area contributed by atoms with E-state index < -0.39 is 0 Å². The van der Waals surface area contributed by atoms with Crippen molar-refractivity contribution in [1.82, 2.24) is 0 Å². The van der Waals surface area contributed by atoms with Gasteiger partial charge in [-0.2, -0.15) is 0 Å².